The molecule has 0 bridgehead atoms. The smallest absolute Gasteiger partial charge is 0.242 e. The maximum atomic E-state index is 12.4. The molecule has 0 aromatic rings. The number of carbonyl (C=O) groups excluding carboxylic acids is 2. The standard InChI is InChI=1S/C15H27N3O2/c1-9(2)14(16)15(20)17-8-13(19)18(12-6-7-12)10(3)11-4-5-11/h9-12,14H,4-8,16H2,1-3H3,(H,17,20)/t10?,14-/m0/s1. The second-order valence-electron chi connectivity index (χ2n) is 6.60. The maximum Gasteiger partial charge on any atom is 0.242 e. The summed E-state index contributed by atoms with van der Waals surface area (Å²) in [6.45, 7) is 6.01. The lowest BCUT2D eigenvalue weighted by Gasteiger charge is -2.30. The molecule has 5 heteroatoms. The van der Waals surface area contributed by atoms with Gasteiger partial charge in [0.1, 0.15) is 0 Å². The predicted octanol–water partition coefficient (Wildman–Crippen LogP) is 0.875. The summed E-state index contributed by atoms with van der Waals surface area (Å²) in [7, 11) is 0. The first-order chi connectivity index (χ1) is 9.41. The molecule has 2 atom stereocenters. The molecular formula is C15H27N3O2. The fourth-order valence-corrected chi connectivity index (χ4v) is 2.60. The van der Waals surface area contributed by atoms with E-state index in [1.54, 1.807) is 0 Å². The van der Waals surface area contributed by atoms with Crippen LogP contribution in [0.3, 0.4) is 0 Å². The van der Waals surface area contributed by atoms with E-state index in [-0.39, 0.29) is 24.3 Å². The van der Waals surface area contributed by atoms with Crippen LogP contribution in [0, 0.1) is 11.8 Å². The van der Waals surface area contributed by atoms with E-state index in [0.717, 1.165) is 12.8 Å². The Kier molecular flexibility index (Phi) is 4.68. The van der Waals surface area contributed by atoms with Crippen molar-refractivity contribution in [3.8, 4) is 0 Å². The quantitative estimate of drug-likeness (QED) is 0.727. The van der Waals surface area contributed by atoms with E-state index < -0.39 is 6.04 Å². The van der Waals surface area contributed by atoms with E-state index in [4.69, 9.17) is 5.73 Å². The van der Waals surface area contributed by atoms with Crippen LogP contribution in [-0.4, -0.2) is 41.4 Å². The molecule has 0 saturated heterocycles. The number of nitrogens with zero attached hydrogens (tertiary/aromatic N) is 1. The van der Waals surface area contributed by atoms with E-state index in [1.165, 1.54) is 12.8 Å². The zero-order valence-corrected chi connectivity index (χ0v) is 12.8. The Morgan fingerprint density at radius 1 is 1.20 bits per heavy atom. The van der Waals surface area contributed by atoms with E-state index in [2.05, 4.69) is 12.2 Å². The van der Waals surface area contributed by atoms with Gasteiger partial charge in [-0.05, 0) is 44.4 Å². The average molecular weight is 281 g/mol. The third-order valence-corrected chi connectivity index (χ3v) is 4.41. The summed E-state index contributed by atoms with van der Waals surface area (Å²) in [5, 5.41) is 2.69. The second-order valence-corrected chi connectivity index (χ2v) is 6.60. The van der Waals surface area contributed by atoms with Crippen molar-refractivity contribution in [2.75, 3.05) is 6.54 Å². The molecule has 2 saturated carbocycles. The first-order valence-corrected chi connectivity index (χ1v) is 7.76. The summed E-state index contributed by atoms with van der Waals surface area (Å²) in [4.78, 5) is 26.2. The molecule has 0 spiro atoms. The first kappa shape index (κ1) is 15.3. The Hall–Kier alpha value is -1.10. The molecule has 3 N–H and O–H groups in total. The molecule has 5 nitrogen and oxygen atoms in total. The summed E-state index contributed by atoms with van der Waals surface area (Å²) in [6, 6.07) is 0.164. The predicted molar refractivity (Wildman–Crippen MR) is 77.9 cm³/mol. The van der Waals surface area contributed by atoms with Gasteiger partial charge >= 0.3 is 0 Å². The SMILES string of the molecule is CC(C)[C@H](N)C(=O)NCC(=O)N(C1CC1)C(C)C1CC1. The summed E-state index contributed by atoms with van der Waals surface area (Å²) in [5.74, 6) is 0.544. The van der Waals surface area contributed by atoms with E-state index in [1.807, 2.05) is 18.7 Å². The van der Waals surface area contributed by atoms with Gasteiger partial charge in [0, 0.05) is 12.1 Å². The Bertz CT molecular complexity index is 375. The van der Waals surface area contributed by atoms with Gasteiger partial charge in [-0.15, -0.1) is 0 Å². The molecule has 0 aliphatic heterocycles. The van der Waals surface area contributed by atoms with Gasteiger partial charge in [0.25, 0.3) is 0 Å². The molecular weight excluding hydrogens is 254 g/mol. The van der Waals surface area contributed by atoms with Crippen molar-refractivity contribution < 1.29 is 9.59 Å². The molecule has 2 aliphatic carbocycles. The number of amides is 2. The highest BCUT2D eigenvalue weighted by atomic mass is 16.2. The molecule has 114 valence electrons. The van der Waals surface area contributed by atoms with Crippen LogP contribution in [0.1, 0.15) is 46.5 Å². The van der Waals surface area contributed by atoms with Crippen LogP contribution >= 0.6 is 0 Å². The zero-order valence-electron chi connectivity index (χ0n) is 12.8. The minimum Gasteiger partial charge on any atom is -0.346 e. The molecule has 0 heterocycles. The van der Waals surface area contributed by atoms with Gasteiger partial charge in [0.15, 0.2) is 0 Å². The average Bonchev–Trinajstić information content (AvgIpc) is 3.26. The molecule has 0 aromatic heterocycles. The number of nitrogens with one attached hydrogen (secondary N) is 1. The topological polar surface area (TPSA) is 75.4 Å². The van der Waals surface area contributed by atoms with Crippen molar-refractivity contribution in [2.24, 2.45) is 17.6 Å². The summed E-state index contributed by atoms with van der Waals surface area (Å²) in [6.07, 6.45) is 4.65. The normalized spacial score (nSPS) is 21.4. The molecule has 2 rings (SSSR count). The minimum absolute atomic E-state index is 0.0382. The van der Waals surface area contributed by atoms with E-state index in [9.17, 15) is 9.59 Å². The van der Waals surface area contributed by atoms with Crippen LogP contribution < -0.4 is 11.1 Å². The lowest BCUT2D eigenvalue weighted by Crippen LogP contribution is -2.50. The van der Waals surface area contributed by atoms with Crippen LogP contribution in [0.2, 0.25) is 0 Å². The van der Waals surface area contributed by atoms with Crippen LogP contribution in [-0.2, 0) is 9.59 Å². The highest BCUT2D eigenvalue weighted by molar-refractivity contribution is 5.87. The summed E-state index contributed by atoms with van der Waals surface area (Å²) < 4.78 is 0. The number of hydrogen-bond donors (Lipinski definition) is 2. The molecule has 2 aliphatic rings. The van der Waals surface area contributed by atoms with Crippen molar-refractivity contribution in [1.82, 2.24) is 10.2 Å². The Balaban J connectivity index is 1.84. The fraction of sp³-hybridized carbons (Fsp3) is 0.867. The van der Waals surface area contributed by atoms with Gasteiger partial charge in [0.2, 0.25) is 11.8 Å². The van der Waals surface area contributed by atoms with Gasteiger partial charge in [-0.3, -0.25) is 9.59 Å². The molecule has 0 radical (unpaired) electrons. The Morgan fingerprint density at radius 2 is 1.80 bits per heavy atom. The lowest BCUT2D eigenvalue weighted by molar-refractivity contribution is -0.135. The molecule has 1 unspecified atom stereocenters. The molecule has 20 heavy (non-hydrogen) atoms. The van der Waals surface area contributed by atoms with Crippen LogP contribution in [0.15, 0.2) is 0 Å². The monoisotopic (exact) mass is 281 g/mol. The molecule has 2 fully saturated rings. The van der Waals surface area contributed by atoms with Gasteiger partial charge in [-0.2, -0.15) is 0 Å². The Morgan fingerprint density at radius 3 is 2.25 bits per heavy atom. The summed E-state index contributed by atoms with van der Waals surface area (Å²) >= 11 is 0. The number of carbonyl (C=O) groups is 2. The van der Waals surface area contributed by atoms with Gasteiger partial charge in [-0.25, -0.2) is 0 Å². The molecule has 2 amide bonds. The number of rotatable bonds is 7. The Labute approximate surface area is 121 Å². The third-order valence-electron chi connectivity index (χ3n) is 4.41. The minimum atomic E-state index is -0.543. The van der Waals surface area contributed by atoms with Gasteiger partial charge in [0.05, 0.1) is 12.6 Å². The molecule has 0 aromatic carbocycles. The number of nitrogens with two attached hydrogens (primary N) is 1. The maximum absolute atomic E-state index is 12.4. The number of hydrogen-bond acceptors (Lipinski definition) is 3. The van der Waals surface area contributed by atoms with Crippen molar-refractivity contribution in [2.45, 2.75) is 64.6 Å². The van der Waals surface area contributed by atoms with Crippen molar-refractivity contribution >= 4 is 11.8 Å². The highest BCUT2D eigenvalue weighted by Gasteiger charge is 2.41. The zero-order chi connectivity index (χ0) is 14.9. The van der Waals surface area contributed by atoms with E-state index >= 15 is 0 Å². The fourth-order valence-electron chi connectivity index (χ4n) is 2.60. The van der Waals surface area contributed by atoms with Crippen molar-refractivity contribution in [1.29, 1.82) is 0 Å². The van der Waals surface area contributed by atoms with Gasteiger partial charge < -0.3 is 16.0 Å². The first-order valence-electron chi connectivity index (χ1n) is 7.76. The van der Waals surface area contributed by atoms with Crippen LogP contribution in [0.4, 0.5) is 0 Å². The van der Waals surface area contributed by atoms with Crippen molar-refractivity contribution in [3.05, 3.63) is 0 Å². The van der Waals surface area contributed by atoms with Gasteiger partial charge in [-0.1, -0.05) is 13.8 Å². The summed E-state index contributed by atoms with van der Waals surface area (Å²) in [5.41, 5.74) is 5.78. The highest BCUT2D eigenvalue weighted by Crippen LogP contribution is 2.39. The van der Waals surface area contributed by atoms with Crippen LogP contribution in [0.5, 0.6) is 0 Å². The lowest BCUT2D eigenvalue weighted by atomic mass is 10.1. The largest absolute Gasteiger partial charge is 0.346 e. The van der Waals surface area contributed by atoms with Crippen LogP contribution in [0.25, 0.3) is 0 Å². The third kappa shape index (κ3) is 3.72. The second kappa shape index (κ2) is 6.12. The van der Waals surface area contributed by atoms with Crippen molar-refractivity contribution in [3.63, 3.8) is 0 Å². The van der Waals surface area contributed by atoms with E-state index in [0.29, 0.717) is 18.0 Å².